The summed E-state index contributed by atoms with van der Waals surface area (Å²) in [5.74, 6) is -0.213. The van der Waals surface area contributed by atoms with Gasteiger partial charge in [0, 0.05) is 28.5 Å². The Bertz CT molecular complexity index is 698. The van der Waals surface area contributed by atoms with Crippen molar-refractivity contribution < 1.29 is 9.72 Å². The topological polar surface area (TPSA) is 72.2 Å². The van der Waals surface area contributed by atoms with Crippen LogP contribution in [0.5, 0.6) is 0 Å². The molecule has 0 bridgehead atoms. The number of nitro groups is 1. The van der Waals surface area contributed by atoms with Crippen molar-refractivity contribution in [2.75, 3.05) is 5.32 Å². The van der Waals surface area contributed by atoms with Crippen molar-refractivity contribution in [2.24, 2.45) is 0 Å². The minimum absolute atomic E-state index is 0.0136. The lowest BCUT2D eigenvalue weighted by atomic mass is 10.0. The Morgan fingerprint density at radius 3 is 2.53 bits per heavy atom. The average molecular weight is 323 g/mol. The number of carbonyl (C=O) groups is 1. The van der Waals surface area contributed by atoms with Gasteiger partial charge in [0.25, 0.3) is 5.69 Å². The molecule has 0 unspecified atom stereocenters. The summed E-state index contributed by atoms with van der Waals surface area (Å²) in [5.41, 5.74) is 1.46. The third-order valence-corrected chi connectivity index (χ3v) is 3.46. The molecule has 1 N–H and O–H groups in total. The standard InChI is InChI=1S/C13H11BrN2O3/c1-7-3-4-9(14)13-11(16(18)19)6-5-10(12(7)13)15-8(2)17/h3-6H,1-2H3,(H,15,17). The fraction of sp³-hybridized carbons (Fsp3) is 0.154. The number of fused-ring (bicyclic) bond motifs is 1. The van der Waals surface area contributed by atoms with Gasteiger partial charge in [0.05, 0.1) is 10.3 Å². The molecule has 0 spiro atoms. The molecule has 0 atom stereocenters. The number of halogens is 1. The summed E-state index contributed by atoms with van der Waals surface area (Å²) in [6.07, 6.45) is 0. The van der Waals surface area contributed by atoms with Crippen LogP contribution in [0.2, 0.25) is 0 Å². The van der Waals surface area contributed by atoms with Crippen molar-refractivity contribution in [2.45, 2.75) is 13.8 Å². The fourth-order valence-corrected chi connectivity index (χ4v) is 2.59. The van der Waals surface area contributed by atoms with Gasteiger partial charge < -0.3 is 5.32 Å². The van der Waals surface area contributed by atoms with E-state index in [0.29, 0.717) is 20.9 Å². The van der Waals surface area contributed by atoms with Crippen LogP contribution in [0.15, 0.2) is 28.7 Å². The van der Waals surface area contributed by atoms with E-state index in [1.807, 2.05) is 13.0 Å². The first kappa shape index (κ1) is 13.5. The lowest BCUT2D eigenvalue weighted by molar-refractivity contribution is -0.383. The summed E-state index contributed by atoms with van der Waals surface area (Å²) in [7, 11) is 0. The Morgan fingerprint density at radius 2 is 1.95 bits per heavy atom. The van der Waals surface area contributed by atoms with E-state index in [0.717, 1.165) is 5.56 Å². The first-order valence-corrected chi connectivity index (χ1v) is 6.35. The molecule has 1 amide bonds. The zero-order valence-corrected chi connectivity index (χ0v) is 11.9. The monoisotopic (exact) mass is 322 g/mol. The lowest BCUT2D eigenvalue weighted by Crippen LogP contribution is -2.07. The minimum atomic E-state index is -0.427. The highest BCUT2D eigenvalue weighted by molar-refractivity contribution is 9.10. The van der Waals surface area contributed by atoms with Gasteiger partial charge in [-0.1, -0.05) is 6.07 Å². The normalized spacial score (nSPS) is 10.5. The van der Waals surface area contributed by atoms with Gasteiger partial charge in [-0.25, -0.2) is 0 Å². The molecule has 2 rings (SSSR count). The number of benzene rings is 2. The molecule has 19 heavy (non-hydrogen) atoms. The van der Waals surface area contributed by atoms with Crippen LogP contribution >= 0.6 is 15.9 Å². The highest BCUT2D eigenvalue weighted by Crippen LogP contribution is 2.38. The number of carbonyl (C=O) groups excluding carboxylic acids is 1. The number of nitrogens with one attached hydrogen (secondary N) is 1. The molecule has 0 radical (unpaired) electrons. The number of nitro benzene ring substituents is 1. The van der Waals surface area contributed by atoms with E-state index >= 15 is 0 Å². The van der Waals surface area contributed by atoms with Gasteiger partial charge in [0.2, 0.25) is 5.91 Å². The maximum atomic E-state index is 11.2. The molecule has 0 aliphatic carbocycles. The summed E-state index contributed by atoms with van der Waals surface area (Å²) in [4.78, 5) is 21.9. The van der Waals surface area contributed by atoms with Crippen LogP contribution in [-0.2, 0) is 4.79 Å². The van der Waals surface area contributed by atoms with Gasteiger partial charge in [0.1, 0.15) is 0 Å². The van der Waals surface area contributed by atoms with E-state index in [1.54, 1.807) is 12.1 Å². The summed E-state index contributed by atoms with van der Waals surface area (Å²) >= 11 is 3.33. The van der Waals surface area contributed by atoms with Crippen LogP contribution in [0.1, 0.15) is 12.5 Å². The molecule has 2 aromatic carbocycles. The Kier molecular flexibility index (Phi) is 3.53. The van der Waals surface area contributed by atoms with Crippen molar-refractivity contribution in [3.05, 3.63) is 44.4 Å². The number of amides is 1. The zero-order chi connectivity index (χ0) is 14.2. The molecule has 6 heteroatoms. The third kappa shape index (κ3) is 2.44. The number of non-ortho nitro benzene ring substituents is 1. The molecule has 0 saturated carbocycles. The van der Waals surface area contributed by atoms with Crippen LogP contribution in [-0.4, -0.2) is 10.8 Å². The molecular formula is C13H11BrN2O3. The second-order valence-electron chi connectivity index (χ2n) is 4.18. The van der Waals surface area contributed by atoms with E-state index in [9.17, 15) is 14.9 Å². The molecular weight excluding hydrogens is 312 g/mol. The summed E-state index contributed by atoms with van der Waals surface area (Å²) in [5, 5.41) is 15.0. The number of hydrogen-bond donors (Lipinski definition) is 1. The molecule has 0 fully saturated rings. The Morgan fingerprint density at radius 1 is 1.26 bits per heavy atom. The number of rotatable bonds is 2. The summed E-state index contributed by atoms with van der Waals surface area (Å²) in [6.45, 7) is 3.25. The highest BCUT2D eigenvalue weighted by atomic mass is 79.9. The van der Waals surface area contributed by atoms with Crippen molar-refractivity contribution in [3.63, 3.8) is 0 Å². The van der Waals surface area contributed by atoms with E-state index in [2.05, 4.69) is 21.2 Å². The predicted molar refractivity (Wildman–Crippen MR) is 77.3 cm³/mol. The molecule has 5 nitrogen and oxygen atoms in total. The van der Waals surface area contributed by atoms with Crippen LogP contribution in [0, 0.1) is 17.0 Å². The Balaban J connectivity index is 2.89. The van der Waals surface area contributed by atoms with E-state index < -0.39 is 4.92 Å². The number of anilines is 1. The van der Waals surface area contributed by atoms with Gasteiger partial charge in [-0.15, -0.1) is 0 Å². The second-order valence-corrected chi connectivity index (χ2v) is 5.04. The zero-order valence-electron chi connectivity index (χ0n) is 10.4. The fourth-order valence-electron chi connectivity index (χ4n) is 2.05. The van der Waals surface area contributed by atoms with Crippen LogP contribution in [0.4, 0.5) is 11.4 Å². The molecule has 0 aromatic heterocycles. The SMILES string of the molecule is CC(=O)Nc1ccc([N+](=O)[O-])c2c(Br)ccc(C)c12. The van der Waals surface area contributed by atoms with Crippen LogP contribution in [0.3, 0.4) is 0 Å². The predicted octanol–water partition coefficient (Wildman–Crippen LogP) is 3.78. The molecule has 0 saturated heterocycles. The van der Waals surface area contributed by atoms with Crippen molar-refractivity contribution >= 4 is 44.0 Å². The largest absolute Gasteiger partial charge is 0.326 e. The molecule has 0 aliphatic heterocycles. The smallest absolute Gasteiger partial charge is 0.278 e. The van der Waals surface area contributed by atoms with Crippen molar-refractivity contribution in [1.29, 1.82) is 0 Å². The first-order chi connectivity index (χ1) is 8.91. The summed E-state index contributed by atoms with van der Waals surface area (Å²) < 4.78 is 0.631. The molecule has 0 heterocycles. The average Bonchev–Trinajstić information content (AvgIpc) is 2.32. The number of hydrogen-bond acceptors (Lipinski definition) is 3. The third-order valence-electron chi connectivity index (χ3n) is 2.80. The lowest BCUT2D eigenvalue weighted by Gasteiger charge is -2.11. The highest BCUT2D eigenvalue weighted by Gasteiger charge is 2.18. The van der Waals surface area contributed by atoms with Gasteiger partial charge in [0.15, 0.2) is 0 Å². The molecule has 2 aromatic rings. The minimum Gasteiger partial charge on any atom is -0.326 e. The van der Waals surface area contributed by atoms with Crippen LogP contribution < -0.4 is 5.32 Å². The quantitative estimate of drug-likeness (QED) is 0.675. The van der Waals surface area contributed by atoms with E-state index in [1.165, 1.54) is 13.0 Å². The Hall–Kier alpha value is -1.95. The first-order valence-electron chi connectivity index (χ1n) is 5.55. The van der Waals surface area contributed by atoms with E-state index in [4.69, 9.17) is 0 Å². The van der Waals surface area contributed by atoms with Crippen molar-refractivity contribution in [3.8, 4) is 0 Å². The maximum absolute atomic E-state index is 11.2. The molecule has 0 aliphatic rings. The maximum Gasteiger partial charge on any atom is 0.278 e. The summed E-state index contributed by atoms with van der Waals surface area (Å²) in [6, 6.07) is 6.57. The van der Waals surface area contributed by atoms with E-state index in [-0.39, 0.29) is 11.6 Å². The van der Waals surface area contributed by atoms with Gasteiger partial charge in [-0.3, -0.25) is 14.9 Å². The van der Waals surface area contributed by atoms with Gasteiger partial charge in [-0.05, 0) is 40.5 Å². The second kappa shape index (κ2) is 4.97. The van der Waals surface area contributed by atoms with Gasteiger partial charge >= 0.3 is 0 Å². The number of nitrogens with zero attached hydrogens (tertiary/aromatic N) is 1. The Labute approximate surface area is 117 Å². The number of aryl methyl sites for hydroxylation is 1. The molecule has 98 valence electrons. The van der Waals surface area contributed by atoms with Crippen molar-refractivity contribution in [1.82, 2.24) is 0 Å². The van der Waals surface area contributed by atoms with Crippen LogP contribution in [0.25, 0.3) is 10.8 Å². The van der Waals surface area contributed by atoms with Gasteiger partial charge in [-0.2, -0.15) is 0 Å².